The number of benzene rings is 2. The fraction of sp³-hybridized carbons (Fsp3) is 0.111. The van der Waals surface area contributed by atoms with E-state index in [-0.39, 0.29) is 12.7 Å². The van der Waals surface area contributed by atoms with Crippen LogP contribution in [0, 0.1) is 6.92 Å². The van der Waals surface area contributed by atoms with E-state index in [9.17, 15) is 4.79 Å². The van der Waals surface area contributed by atoms with Gasteiger partial charge in [0.15, 0.2) is 16.6 Å². The molecule has 1 aliphatic rings. The Labute approximate surface area is 162 Å². The Morgan fingerprint density at radius 2 is 2.04 bits per heavy atom. The summed E-state index contributed by atoms with van der Waals surface area (Å²) in [4.78, 5) is 16.8. The largest absolute Gasteiger partial charge is 0.454 e. The zero-order valence-corrected chi connectivity index (χ0v) is 16.1. The average Bonchev–Trinajstić information content (AvgIpc) is 3.26. The first-order valence-corrected chi connectivity index (χ1v) is 9.45. The first kappa shape index (κ1) is 16.9. The molecule has 0 atom stereocenters. The van der Waals surface area contributed by atoms with Crippen LogP contribution in [0.3, 0.4) is 0 Å². The lowest BCUT2D eigenvalue weighted by Gasteiger charge is -2.07. The van der Waals surface area contributed by atoms with Crippen LogP contribution in [-0.4, -0.2) is 17.7 Å². The van der Waals surface area contributed by atoms with Gasteiger partial charge < -0.3 is 20.1 Å². The maximum Gasteiger partial charge on any atom is 0.275 e. The molecule has 26 heavy (non-hydrogen) atoms. The van der Waals surface area contributed by atoms with Crippen molar-refractivity contribution in [2.75, 3.05) is 17.4 Å². The Morgan fingerprint density at radius 3 is 2.88 bits per heavy atom. The number of amides is 1. The molecule has 2 heterocycles. The topological polar surface area (TPSA) is 72.5 Å². The molecule has 3 aromatic rings. The quantitative estimate of drug-likeness (QED) is 0.611. The molecule has 0 unspecified atom stereocenters. The highest BCUT2D eigenvalue weighted by atomic mass is 79.9. The van der Waals surface area contributed by atoms with Gasteiger partial charge in [0.25, 0.3) is 5.91 Å². The summed E-state index contributed by atoms with van der Waals surface area (Å²) in [6.07, 6.45) is 0. The number of aromatic nitrogens is 1. The summed E-state index contributed by atoms with van der Waals surface area (Å²) in [5.74, 6) is 1.17. The molecule has 1 aliphatic heterocycles. The van der Waals surface area contributed by atoms with Gasteiger partial charge in [-0.2, -0.15) is 0 Å². The van der Waals surface area contributed by atoms with Gasteiger partial charge in [0.1, 0.15) is 5.69 Å². The molecule has 0 spiro atoms. The first-order valence-electron chi connectivity index (χ1n) is 7.78. The van der Waals surface area contributed by atoms with E-state index in [1.54, 1.807) is 5.38 Å². The lowest BCUT2D eigenvalue weighted by Crippen LogP contribution is -2.13. The molecule has 0 saturated heterocycles. The van der Waals surface area contributed by atoms with E-state index in [0.29, 0.717) is 16.6 Å². The van der Waals surface area contributed by atoms with Gasteiger partial charge in [0, 0.05) is 27.3 Å². The van der Waals surface area contributed by atoms with Crippen molar-refractivity contribution in [2.45, 2.75) is 6.92 Å². The predicted octanol–water partition coefficient (Wildman–Crippen LogP) is 4.94. The van der Waals surface area contributed by atoms with Crippen molar-refractivity contribution in [3.8, 4) is 11.5 Å². The maximum absolute atomic E-state index is 12.4. The number of thiazole rings is 1. The molecule has 2 N–H and O–H groups in total. The molecule has 0 bridgehead atoms. The Hall–Kier alpha value is -2.58. The smallest absolute Gasteiger partial charge is 0.275 e. The Kier molecular flexibility index (Phi) is 4.52. The van der Waals surface area contributed by atoms with Gasteiger partial charge in [-0.25, -0.2) is 4.98 Å². The minimum absolute atomic E-state index is 0.232. The van der Waals surface area contributed by atoms with Gasteiger partial charge in [-0.1, -0.05) is 15.9 Å². The molecule has 1 aromatic heterocycles. The number of fused-ring (bicyclic) bond motifs is 1. The minimum Gasteiger partial charge on any atom is -0.454 e. The molecule has 6 nitrogen and oxygen atoms in total. The van der Waals surface area contributed by atoms with Crippen LogP contribution in [0.2, 0.25) is 0 Å². The highest BCUT2D eigenvalue weighted by Crippen LogP contribution is 2.35. The van der Waals surface area contributed by atoms with E-state index in [1.165, 1.54) is 11.3 Å². The van der Waals surface area contributed by atoms with Gasteiger partial charge in [-0.05, 0) is 42.8 Å². The molecule has 2 aromatic carbocycles. The van der Waals surface area contributed by atoms with Crippen LogP contribution in [0.5, 0.6) is 11.5 Å². The summed E-state index contributed by atoms with van der Waals surface area (Å²) >= 11 is 4.77. The summed E-state index contributed by atoms with van der Waals surface area (Å²) in [7, 11) is 0. The Morgan fingerprint density at radius 1 is 1.19 bits per heavy atom. The fourth-order valence-electron chi connectivity index (χ4n) is 2.49. The second kappa shape index (κ2) is 6.97. The van der Waals surface area contributed by atoms with E-state index < -0.39 is 0 Å². The highest BCUT2D eigenvalue weighted by molar-refractivity contribution is 9.10. The van der Waals surface area contributed by atoms with E-state index in [4.69, 9.17) is 9.47 Å². The Balaban J connectivity index is 1.46. The number of nitrogens with one attached hydrogen (secondary N) is 2. The van der Waals surface area contributed by atoms with E-state index >= 15 is 0 Å². The van der Waals surface area contributed by atoms with Crippen molar-refractivity contribution in [1.82, 2.24) is 4.98 Å². The van der Waals surface area contributed by atoms with E-state index in [2.05, 4.69) is 31.5 Å². The molecule has 0 radical (unpaired) electrons. The number of halogens is 1. The number of hydrogen-bond donors (Lipinski definition) is 2. The molecule has 4 rings (SSSR count). The van der Waals surface area contributed by atoms with Crippen LogP contribution in [0.1, 0.15) is 16.1 Å². The van der Waals surface area contributed by atoms with Gasteiger partial charge in [0.2, 0.25) is 6.79 Å². The molecular weight excluding hydrogens is 418 g/mol. The number of hydrogen-bond acceptors (Lipinski definition) is 6. The summed E-state index contributed by atoms with van der Waals surface area (Å²) in [6.45, 7) is 2.17. The van der Waals surface area contributed by atoms with Crippen LogP contribution in [-0.2, 0) is 0 Å². The number of nitrogens with zero attached hydrogens (tertiary/aromatic N) is 1. The van der Waals surface area contributed by atoms with Crippen LogP contribution in [0.25, 0.3) is 0 Å². The molecule has 8 heteroatoms. The van der Waals surface area contributed by atoms with Gasteiger partial charge in [-0.3, -0.25) is 4.79 Å². The van der Waals surface area contributed by atoms with Crippen LogP contribution in [0.15, 0.2) is 46.3 Å². The SMILES string of the molecule is Cc1cc(Br)ccc1NC(=O)c1csc(Nc2ccc3c(c2)OCO3)n1. The van der Waals surface area contributed by atoms with Gasteiger partial charge >= 0.3 is 0 Å². The molecule has 0 saturated carbocycles. The number of aryl methyl sites for hydroxylation is 1. The van der Waals surface area contributed by atoms with Crippen molar-refractivity contribution in [3.63, 3.8) is 0 Å². The first-order chi connectivity index (χ1) is 12.6. The third-order valence-electron chi connectivity index (χ3n) is 3.80. The average molecular weight is 432 g/mol. The van der Waals surface area contributed by atoms with E-state index in [1.807, 2.05) is 43.3 Å². The molecule has 1 amide bonds. The third-order valence-corrected chi connectivity index (χ3v) is 5.05. The van der Waals surface area contributed by atoms with Gasteiger partial charge in [0.05, 0.1) is 0 Å². The molecule has 0 fully saturated rings. The van der Waals surface area contributed by atoms with Crippen LogP contribution >= 0.6 is 27.3 Å². The summed E-state index contributed by atoms with van der Waals surface area (Å²) in [5, 5.41) is 8.41. The summed E-state index contributed by atoms with van der Waals surface area (Å²) in [6, 6.07) is 11.2. The zero-order chi connectivity index (χ0) is 18.1. The molecule has 132 valence electrons. The lowest BCUT2D eigenvalue weighted by atomic mass is 10.2. The summed E-state index contributed by atoms with van der Waals surface area (Å²) < 4.78 is 11.6. The minimum atomic E-state index is -0.245. The van der Waals surface area contributed by atoms with Crippen LogP contribution in [0.4, 0.5) is 16.5 Å². The monoisotopic (exact) mass is 431 g/mol. The third kappa shape index (κ3) is 3.51. The number of carbonyl (C=O) groups is 1. The second-order valence-corrected chi connectivity index (χ2v) is 7.42. The lowest BCUT2D eigenvalue weighted by molar-refractivity contribution is 0.102. The normalized spacial score (nSPS) is 12.1. The van der Waals surface area contributed by atoms with Crippen LogP contribution < -0.4 is 20.1 Å². The van der Waals surface area contributed by atoms with Crippen molar-refractivity contribution in [1.29, 1.82) is 0 Å². The number of anilines is 3. The van der Waals surface area contributed by atoms with Crippen molar-refractivity contribution in [2.24, 2.45) is 0 Å². The highest BCUT2D eigenvalue weighted by Gasteiger charge is 2.15. The van der Waals surface area contributed by atoms with Crippen molar-refractivity contribution >= 4 is 49.7 Å². The Bertz CT molecular complexity index is 990. The summed E-state index contributed by atoms with van der Waals surface area (Å²) in [5.41, 5.74) is 2.91. The number of carbonyl (C=O) groups excluding carboxylic acids is 1. The predicted molar refractivity (Wildman–Crippen MR) is 105 cm³/mol. The standard InChI is InChI=1S/C18H14BrN3O3S/c1-10-6-11(19)2-4-13(10)21-17(23)14-8-26-18(22-14)20-12-3-5-15-16(7-12)25-9-24-15/h2-8H,9H2,1H3,(H,20,22)(H,21,23). The molecular formula is C18H14BrN3O3S. The zero-order valence-electron chi connectivity index (χ0n) is 13.7. The van der Waals surface area contributed by atoms with Crippen molar-refractivity contribution < 1.29 is 14.3 Å². The van der Waals surface area contributed by atoms with Gasteiger partial charge in [-0.15, -0.1) is 11.3 Å². The second-order valence-electron chi connectivity index (χ2n) is 5.64. The maximum atomic E-state index is 12.4. The fourth-order valence-corrected chi connectivity index (χ4v) is 3.67. The van der Waals surface area contributed by atoms with E-state index in [0.717, 1.165) is 27.2 Å². The number of ether oxygens (including phenoxy) is 2. The van der Waals surface area contributed by atoms with Crippen molar-refractivity contribution in [3.05, 3.63) is 57.5 Å². The molecule has 0 aliphatic carbocycles. The number of rotatable bonds is 4.